The number of aldehydes is 1. The maximum Gasteiger partial charge on any atom is 0.347 e. The third kappa shape index (κ3) is 2.55. The second-order valence-electron chi connectivity index (χ2n) is 3.72. The molecular formula is C14H10O5. The fourth-order valence-corrected chi connectivity index (χ4v) is 1.52. The highest BCUT2D eigenvalue weighted by Gasteiger charge is 2.16. The lowest BCUT2D eigenvalue weighted by Gasteiger charge is -2.08. The van der Waals surface area contributed by atoms with Gasteiger partial charge in [-0.15, -0.1) is 0 Å². The summed E-state index contributed by atoms with van der Waals surface area (Å²) in [5, 5.41) is 19.2. The number of phenols is 2. The number of esters is 1. The third-order valence-electron chi connectivity index (χ3n) is 2.48. The molecule has 0 aromatic heterocycles. The van der Waals surface area contributed by atoms with Crippen molar-refractivity contribution >= 4 is 12.3 Å². The van der Waals surface area contributed by atoms with E-state index in [1.165, 1.54) is 30.3 Å². The standard InChI is InChI=1S/C14H10O5/c15-8-9-4-3-7-12(13(9)17)19-14(18)10-5-1-2-6-11(10)16/h1-8,16-17H. The lowest BCUT2D eigenvalue weighted by atomic mass is 10.2. The molecule has 5 heteroatoms. The van der Waals surface area contributed by atoms with E-state index in [9.17, 15) is 19.8 Å². The minimum Gasteiger partial charge on any atom is -0.507 e. The summed E-state index contributed by atoms with van der Waals surface area (Å²) in [6.45, 7) is 0. The SMILES string of the molecule is O=Cc1cccc(OC(=O)c2ccccc2O)c1O. The molecule has 0 saturated heterocycles. The minimum atomic E-state index is -0.823. The van der Waals surface area contributed by atoms with Crippen molar-refractivity contribution in [2.45, 2.75) is 0 Å². The molecule has 2 aromatic rings. The summed E-state index contributed by atoms with van der Waals surface area (Å²) in [7, 11) is 0. The van der Waals surface area contributed by atoms with Crippen LogP contribution in [0.2, 0.25) is 0 Å². The van der Waals surface area contributed by atoms with E-state index in [0.717, 1.165) is 0 Å². The van der Waals surface area contributed by atoms with Crippen molar-refractivity contribution in [3.63, 3.8) is 0 Å². The average molecular weight is 258 g/mol. The maximum atomic E-state index is 11.8. The van der Waals surface area contributed by atoms with Crippen molar-refractivity contribution in [3.05, 3.63) is 53.6 Å². The van der Waals surface area contributed by atoms with E-state index >= 15 is 0 Å². The summed E-state index contributed by atoms with van der Waals surface area (Å²) in [6.07, 6.45) is 0.451. The number of aromatic hydroxyl groups is 2. The molecule has 5 nitrogen and oxygen atoms in total. The molecule has 0 aliphatic rings. The Balaban J connectivity index is 2.30. The summed E-state index contributed by atoms with van der Waals surface area (Å²) in [6, 6.07) is 10.1. The van der Waals surface area contributed by atoms with Crippen LogP contribution < -0.4 is 4.74 Å². The number of carbonyl (C=O) groups excluding carboxylic acids is 2. The predicted octanol–water partition coefficient (Wildman–Crippen LogP) is 2.13. The van der Waals surface area contributed by atoms with Crippen molar-refractivity contribution in [1.82, 2.24) is 0 Å². The molecule has 0 spiro atoms. The van der Waals surface area contributed by atoms with Gasteiger partial charge in [0.05, 0.1) is 5.56 Å². The number of carbonyl (C=O) groups is 2. The molecule has 0 unspecified atom stereocenters. The van der Waals surface area contributed by atoms with E-state index < -0.39 is 11.7 Å². The molecule has 0 aliphatic heterocycles. The minimum absolute atomic E-state index is 0.0163. The number of rotatable bonds is 3. The smallest absolute Gasteiger partial charge is 0.347 e. The van der Waals surface area contributed by atoms with E-state index in [-0.39, 0.29) is 22.6 Å². The van der Waals surface area contributed by atoms with Gasteiger partial charge in [0, 0.05) is 0 Å². The molecule has 0 radical (unpaired) electrons. The highest BCUT2D eigenvalue weighted by Crippen LogP contribution is 2.30. The first-order chi connectivity index (χ1) is 9.13. The van der Waals surface area contributed by atoms with Gasteiger partial charge in [0.1, 0.15) is 11.3 Å². The van der Waals surface area contributed by atoms with Gasteiger partial charge in [0.25, 0.3) is 0 Å². The number of phenolic OH excluding ortho intramolecular Hbond substituents is 2. The first-order valence-corrected chi connectivity index (χ1v) is 5.41. The van der Waals surface area contributed by atoms with Crippen LogP contribution in [-0.2, 0) is 0 Å². The van der Waals surface area contributed by atoms with Gasteiger partial charge in [-0.2, -0.15) is 0 Å². The molecule has 2 aromatic carbocycles. The summed E-state index contributed by atoms with van der Waals surface area (Å²) in [4.78, 5) is 22.5. The predicted molar refractivity (Wildman–Crippen MR) is 66.6 cm³/mol. The molecule has 0 saturated carbocycles. The van der Waals surface area contributed by atoms with E-state index in [2.05, 4.69) is 0 Å². The first-order valence-electron chi connectivity index (χ1n) is 5.41. The molecule has 2 N–H and O–H groups in total. The molecule has 96 valence electrons. The lowest BCUT2D eigenvalue weighted by Crippen LogP contribution is -2.09. The van der Waals surface area contributed by atoms with Crippen LogP contribution >= 0.6 is 0 Å². The maximum absolute atomic E-state index is 11.8. The van der Waals surface area contributed by atoms with Crippen molar-refractivity contribution in [1.29, 1.82) is 0 Å². The van der Waals surface area contributed by atoms with Gasteiger partial charge in [-0.3, -0.25) is 4.79 Å². The molecule has 19 heavy (non-hydrogen) atoms. The van der Waals surface area contributed by atoms with Gasteiger partial charge < -0.3 is 14.9 Å². The summed E-state index contributed by atoms with van der Waals surface area (Å²) >= 11 is 0. The van der Waals surface area contributed by atoms with Crippen molar-refractivity contribution in [2.75, 3.05) is 0 Å². The summed E-state index contributed by atoms with van der Waals surface area (Å²) in [5.74, 6) is -1.60. The molecule has 0 fully saturated rings. The van der Waals surface area contributed by atoms with E-state index in [4.69, 9.17) is 4.74 Å². The fraction of sp³-hybridized carbons (Fsp3) is 0. The Labute approximate surface area is 108 Å². The zero-order chi connectivity index (χ0) is 13.8. The van der Waals surface area contributed by atoms with Crippen LogP contribution in [-0.4, -0.2) is 22.5 Å². The number of hydrogen-bond acceptors (Lipinski definition) is 5. The average Bonchev–Trinajstić information content (AvgIpc) is 2.41. The molecule has 0 amide bonds. The Hall–Kier alpha value is -2.82. The number of hydrogen-bond donors (Lipinski definition) is 2. The van der Waals surface area contributed by atoms with Crippen LogP contribution in [0.1, 0.15) is 20.7 Å². The zero-order valence-electron chi connectivity index (χ0n) is 9.74. The second-order valence-corrected chi connectivity index (χ2v) is 3.72. The van der Waals surface area contributed by atoms with Gasteiger partial charge >= 0.3 is 5.97 Å². The Morgan fingerprint density at radius 2 is 1.79 bits per heavy atom. The van der Waals surface area contributed by atoms with Crippen molar-refractivity contribution < 1.29 is 24.5 Å². The lowest BCUT2D eigenvalue weighted by molar-refractivity contribution is 0.0725. The van der Waals surface area contributed by atoms with Gasteiger partial charge in [0.2, 0.25) is 0 Å². The van der Waals surface area contributed by atoms with Crippen LogP contribution in [0.5, 0.6) is 17.2 Å². The summed E-state index contributed by atoms with van der Waals surface area (Å²) < 4.78 is 4.95. The van der Waals surface area contributed by atoms with Crippen LogP contribution in [0.15, 0.2) is 42.5 Å². The Bertz CT molecular complexity index is 633. The van der Waals surface area contributed by atoms with Gasteiger partial charge in [0.15, 0.2) is 17.8 Å². The Kier molecular flexibility index (Phi) is 3.47. The molecule has 0 aliphatic carbocycles. The van der Waals surface area contributed by atoms with E-state index in [1.54, 1.807) is 12.1 Å². The van der Waals surface area contributed by atoms with Crippen molar-refractivity contribution in [3.8, 4) is 17.2 Å². The number of ether oxygens (including phenoxy) is 1. The highest BCUT2D eigenvalue weighted by molar-refractivity contribution is 5.94. The first kappa shape index (κ1) is 12.6. The van der Waals surface area contributed by atoms with E-state index in [0.29, 0.717) is 6.29 Å². The number of para-hydroxylation sites is 2. The molecule has 2 rings (SSSR count). The number of benzene rings is 2. The van der Waals surface area contributed by atoms with Crippen LogP contribution in [0, 0.1) is 0 Å². The normalized spacial score (nSPS) is 9.89. The largest absolute Gasteiger partial charge is 0.507 e. The second kappa shape index (κ2) is 5.22. The van der Waals surface area contributed by atoms with Gasteiger partial charge in [-0.1, -0.05) is 18.2 Å². The molecule has 0 atom stereocenters. The Morgan fingerprint density at radius 3 is 2.47 bits per heavy atom. The molecular weight excluding hydrogens is 248 g/mol. The third-order valence-corrected chi connectivity index (χ3v) is 2.48. The molecule has 0 bridgehead atoms. The quantitative estimate of drug-likeness (QED) is 0.500. The molecule has 0 heterocycles. The van der Waals surface area contributed by atoms with Crippen LogP contribution in [0.3, 0.4) is 0 Å². The van der Waals surface area contributed by atoms with Crippen molar-refractivity contribution in [2.24, 2.45) is 0 Å². The Morgan fingerprint density at radius 1 is 1.05 bits per heavy atom. The monoisotopic (exact) mass is 258 g/mol. The van der Waals surface area contributed by atoms with E-state index in [1.807, 2.05) is 0 Å². The van der Waals surface area contributed by atoms with Crippen LogP contribution in [0.25, 0.3) is 0 Å². The topological polar surface area (TPSA) is 83.8 Å². The van der Waals surface area contributed by atoms with Crippen LogP contribution in [0.4, 0.5) is 0 Å². The highest BCUT2D eigenvalue weighted by atomic mass is 16.5. The van der Waals surface area contributed by atoms with Gasteiger partial charge in [-0.05, 0) is 24.3 Å². The summed E-state index contributed by atoms with van der Waals surface area (Å²) in [5.41, 5.74) is -0.0130. The fourth-order valence-electron chi connectivity index (χ4n) is 1.52. The zero-order valence-corrected chi connectivity index (χ0v) is 9.74. The van der Waals surface area contributed by atoms with Gasteiger partial charge in [-0.25, -0.2) is 4.79 Å².